The molecule has 2 aliphatic heterocycles. The molecule has 8 atom stereocenters. The summed E-state index contributed by atoms with van der Waals surface area (Å²) in [4.78, 5) is 0. The average molecular weight is 212 g/mol. The Labute approximate surface area is 95.5 Å². The van der Waals surface area contributed by atoms with E-state index in [-0.39, 0.29) is 0 Å². The normalized spacial score (nSPS) is 63.0. The lowest BCUT2D eigenvalue weighted by atomic mass is 9.60. The van der Waals surface area contributed by atoms with Crippen LogP contribution in [0.15, 0.2) is 34.5 Å². The Morgan fingerprint density at radius 3 is 2.50 bits per heavy atom. The molecule has 2 saturated carbocycles. The summed E-state index contributed by atoms with van der Waals surface area (Å²) >= 11 is 0. The lowest BCUT2D eigenvalue weighted by Gasteiger charge is -2.50. The van der Waals surface area contributed by atoms with Crippen LogP contribution in [0.1, 0.15) is 12.8 Å². The molecule has 2 fully saturated rings. The first-order valence-corrected chi connectivity index (χ1v) is 6.68. The van der Waals surface area contributed by atoms with Crippen LogP contribution in [0.25, 0.3) is 0 Å². The lowest BCUT2D eigenvalue weighted by molar-refractivity contribution is 0.0468. The highest BCUT2D eigenvalue weighted by molar-refractivity contribution is 5.26. The fourth-order valence-corrected chi connectivity index (χ4v) is 5.30. The summed E-state index contributed by atoms with van der Waals surface area (Å²) in [5.41, 5.74) is 0. The maximum atomic E-state index is 4.65. The molecule has 6 rings (SSSR count). The summed E-state index contributed by atoms with van der Waals surface area (Å²) < 4.78 is 0. The van der Waals surface area contributed by atoms with E-state index in [0.29, 0.717) is 12.1 Å². The fourth-order valence-electron chi connectivity index (χ4n) is 5.30. The van der Waals surface area contributed by atoms with Gasteiger partial charge in [0.15, 0.2) is 0 Å². The van der Waals surface area contributed by atoms with Gasteiger partial charge in [0, 0.05) is 5.92 Å². The summed E-state index contributed by atoms with van der Waals surface area (Å²) in [6.45, 7) is 0. The monoisotopic (exact) mass is 212 g/mol. The van der Waals surface area contributed by atoms with E-state index < -0.39 is 0 Å². The third-order valence-corrected chi connectivity index (χ3v) is 5.80. The summed E-state index contributed by atoms with van der Waals surface area (Å²) in [7, 11) is 0. The molecule has 0 aromatic heterocycles. The van der Waals surface area contributed by atoms with Crippen LogP contribution in [-0.4, -0.2) is 12.1 Å². The Morgan fingerprint density at radius 2 is 1.62 bits per heavy atom. The molecule has 0 amide bonds. The van der Waals surface area contributed by atoms with Gasteiger partial charge in [0.2, 0.25) is 0 Å². The van der Waals surface area contributed by atoms with Gasteiger partial charge in [-0.1, -0.05) is 24.3 Å². The summed E-state index contributed by atoms with van der Waals surface area (Å²) in [5, 5.41) is 9.29. The van der Waals surface area contributed by atoms with E-state index in [0.717, 1.165) is 35.5 Å². The second kappa shape index (κ2) is 2.49. The fraction of sp³-hybridized carbons (Fsp3) is 0.714. The van der Waals surface area contributed by atoms with Gasteiger partial charge in [-0.25, -0.2) is 0 Å². The third-order valence-electron chi connectivity index (χ3n) is 5.80. The molecule has 0 radical (unpaired) electrons. The van der Waals surface area contributed by atoms with Crippen molar-refractivity contribution < 1.29 is 0 Å². The molecule has 4 aliphatic carbocycles. The molecule has 2 heteroatoms. The molecule has 16 heavy (non-hydrogen) atoms. The van der Waals surface area contributed by atoms with E-state index in [1.165, 1.54) is 12.8 Å². The zero-order valence-electron chi connectivity index (χ0n) is 9.24. The van der Waals surface area contributed by atoms with Crippen LogP contribution in [-0.2, 0) is 0 Å². The number of allylic oxidation sites excluding steroid dienone is 3. The molecule has 4 bridgehead atoms. The van der Waals surface area contributed by atoms with Gasteiger partial charge in [0.25, 0.3) is 0 Å². The van der Waals surface area contributed by atoms with Gasteiger partial charge in [-0.05, 0) is 42.4 Å². The molecule has 6 aliphatic rings. The molecule has 0 spiro atoms. The minimum atomic E-state index is 0.527. The Hall–Kier alpha value is -0.920. The van der Waals surface area contributed by atoms with Gasteiger partial charge >= 0.3 is 0 Å². The van der Waals surface area contributed by atoms with Gasteiger partial charge in [0.05, 0.1) is 12.1 Å². The predicted octanol–water partition coefficient (Wildman–Crippen LogP) is 2.83. The van der Waals surface area contributed by atoms with E-state index in [4.69, 9.17) is 0 Å². The first kappa shape index (κ1) is 8.21. The minimum absolute atomic E-state index is 0.527. The molecular weight excluding hydrogens is 196 g/mol. The van der Waals surface area contributed by atoms with E-state index in [1.807, 2.05) is 0 Å². The quantitative estimate of drug-likeness (QED) is 0.552. The second-order valence-corrected chi connectivity index (χ2v) is 6.22. The molecule has 2 nitrogen and oxygen atoms in total. The molecule has 0 unspecified atom stereocenters. The van der Waals surface area contributed by atoms with Crippen LogP contribution < -0.4 is 0 Å². The van der Waals surface area contributed by atoms with Gasteiger partial charge in [-0.2, -0.15) is 10.2 Å². The van der Waals surface area contributed by atoms with Crippen molar-refractivity contribution in [3.05, 3.63) is 24.3 Å². The van der Waals surface area contributed by atoms with Crippen LogP contribution in [0, 0.1) is 35.5 Å². The Bertz CT molecular complexity index is 436. The number of hydrogen-bond donors (Lipinski definition) is 0. The van der Waals surface area contributed by atoms with Crippen LogP contribution in [0.5, 0.6) is 0 Å². The number of fused-ring (bicyclic) bond motifs is 2. The Kier molecular flexibility index (Phi) is 1.28. The molecule has 0 aromatic rings. The van der Waals surface area contributed by atoms with Crippen molar-refractivity contribution in [1.29, 1.82) is 0 Å². The molecule has 0 saturated heterocycles. The smallest absolute Gasteiger partial charge is 0.0811 e. The van der Waals surface area contributed by atoms with E-state index in [9.17, 15) is 0 Å². The van der Waals surface area contributed by atoms with Crippen molar-refractivity contribution in [3.63, 3.8) is 0 Å². The highest BCUT2D eigenvalue weighted by atomic mass is 15.2. The Balaban J connectivity index is 1.67. The van der Waals surface area contributed by atoms with Crippen LogP contribution in [0.3, 0.4) is 0 Å². The maximum Gasteiger partial charge on any atom is 0.0811 e. The van der Waals surface area contributed by atoms with E-state index in [2.05, 4.69) is 34.5 Å². The van der Waals surface area contributed by atoms with Crippen molar-refractivity contribution in [2.45, 2.75) is 24.9 Å². The van der Waals surface area contributed by atoms with Crippen molar-refractivity contribution in [2.24, 2.45) is 45.7 Å². The predicted molar refractivity (Wildman–Crippen MR) is 60.9 cm³/mol. The van der Waals surface area contributed by atoms with Gasteiger partial charge in [-0.3, -0.25) is 0 Å². The maximum absolute atomic E-state index is 4.65. The number of azo groups is 1. The topological polar surface area (TPSA) is 24.7 Å². The first-order chi connectivity index (χ1) is 7.93. The van der Waals surface area contributed by atoms with Gasteiger partial charge in [0.1, 0.15) is 0 Å². The van der Waals surface area contributed by atoms with Crippen molar-refractivity contribution in [1.82, 2.24) is 0 Å². The number of nitrogens with zero attached hydrogens (tertiary/aromatic N) is 2. The van der Waals surface area contributed by atoms with Gasteiger partial charge < -0.3 is 0 Å². The number of hydrogen-bond acceptors (Lipinski definition) is 2. The molecule has 0 N–H and O–H groups in total. The van der Waals surface area contributed by atoms with Crippen molar-refractivity contribution in [3.8, 4) is 0 Å². The summed E-state index contributed by atoms with van der Waals surface area (Å²) in [5.74, 6) is 4.88. The number of rotatable bonds is 0. The molecule has 82 valence electrons. The lowest BCUT2D eigenvalue weighted by Crippen LogP contribution is -2.53. The molecule has 0 aromatic carbocycles. The highest BCUT2D eigenvalue weighted by Gasteiger charge is 2.61. The third kappa shape index (κ3) is 0.732. The van der Waals surface area contributed by atoms with Crippen LogP contribution >= 0.6 is 0 Å². The van der Waals surface area contributed by atoms with Crippen LogP contribution in [0.4, 0.5) is 0 Å². The van der Waals surface area contributed by atoms with Crippen molar-refractivity contribution in [2.75, 3.05) is 0 Å². The second-order valence-electron chi connectivity index (χ2n) is 6.22. The molecular formula is C14H16N2. The highest BCUT2D eigenvalue weighted by Crippen LogP contribution is 2.61. The standard InChI is InChI=1S/C14H16N2/c1-2-9-10(3-1)14-12-8-5-4-7(6-8)11(12)13(9)15-16-14/h1-2,4-5,7-14H,3,6H2/t7-,8-,9+,10-,11+,12-,13+,14+/m0/s1. The van der Waals surface area contributed by atoms with E-state index in [1.54, 1.807) is 0 Å². The van der Waals surface area contributed by atoms with Crippen molar-refractivity contribution >= 4 is 0 Å². The SMILES string of the molecule is C1=C[C@@H]2[C@H](C1)[C@H]1N=N[C@H]2[C@H]2[C@@H]1[C@H]1C=C[C@H]2C1. The summed E-state index contributed by atoms with van der Waals surface area (Å²) in [6, 6.07) is 1.08. The summed E-state index contributed by atoms with van der Waals surface area (Å²) in [6.07, 6.45) is 12.4. The average Bonchev–Trinajstić information content (AvgIpc) is 3.05. The first-order valence-electron chi connectivity index (χ1n) is 6.68. The zero-order chi connectivity index (χ0) is 10.3. The largest absolute Gasteiger partial charge is 0.190 e. The minimum Gasteiger partial charge on any atom is -0.190 e. The molecule has 2 heterocycles. The Morgan fingerprint density at radius 1 is 0.875 bits per heavy atom. The van der Waals surface area contributed by atoms with Crippen LogP contribution in [0.2, 0.25) is 0 Å². The zero-order valence-corrected chi connectivity index (χ0v) is 9.24. The van der Waals surface area contributed by atoms with E-state index >= 15 is 0 Å². The van der Waals surface area contributed by atoms with Gasteiger partial charge in [-0.15, -0.1) is 0 Å².